The van der Waals surface area contributed by atoms with Crippen LogP contribution in [-0.4, -0.2) is 22.7 Å². The average Bonchev–Trinajstić information content (AvgIpc) is 2.13. The van der Waals surface area contributed by atoms with Crippen LogP contribution in [0.5, 0.6) is 0 Å². The largest absolute Gasteiger partial charge is 0.252 e. The van der Waals surface area contributed by atoms with Crippen LogP contribution in [0.2, 0.25) is 0 Å². The molecule has 0 aliphatic carbocycles. The molecule has 0 aliphatic rings. The van der Waals surface area contributed by atoms with Crippen molar-refractivity contribution in [2.45, 2.75) is 51.7 Å². The van der Waals surface area contributed by atoms with E-state index in [1.807, 2.05) is 13.8 Å². The lowest BCUT2D eigenvalue weighted by atomic mass is 10.1. The maximum absolute atomic E-state index is 8.38. The van der Waals surface area contributed by atoms with Gasteiger partial charge in [-0.2, -0.15) is 0 Å². The second-order valence-corrected chi connectivity index (χ2v) is 2.85. The van der Waals surface area contributed by atoms with Crippen LogP contribution in [0.1, 0.15) is 39.5 Å². The van der Waals surface area contributed by atoms with E-state index < -0.39 is 0 Å². The Hall–Kier alpha value is -0.160. The second kappa shape index (κ2) is 7.49. The standard InChI is InChI=1S/C8H18O4/c1-3-7(11-9)5-6-8(4-2)12-10/h7-10H,3-6H2,1-2H3. The van der Waals surface area contributed by atoms with E-state index in [1.54, 1.807) is 0 Å². The van der Waals surface area contributed by atoms with Gasteiger partial charge in [0.2, 0.25) is 0 Å². The van der Waals surface area contributed by atoms with Crippen molar-refractivity contribution in [1.29, 1.82) is 0 Å². The molecule has 0 aromatic carbocycles. The normalized spacial score (nSPS) is 16.0. The number of hydrogen-bond donors (Lipinski definition) is 2. The number of rotatable bonds is 7. The summed E-state index contributed by atoms with van der Waals surface area (Å²) >= 11 is 0. The lowest BCUT2D eigenvalue weighted by Gasteiger charge is -2.14. The Balaban J connectivity index is 3.49. The third kappa shape index (κ3) is 4.66. The summed E-state index contributed by atoms with van der Waals surface area (Å²) in [6, 6.07) is 0. The van der Waals surface area contributed by atoms with Crippen molar-refractivity contribution in [3.05, 3.63) is 0 Å². The molecule has 0 rings (SSSR count). The summed E-state index contributed by atoms with van der Waals surface area (Å²) in [5, 5.41) is 16.8. The fourth-order valence-corrected chi connectivity index (χ4v) is 1.03. The summed E-state index contributed by atoms with van der Waals surface area (Å²) in [7, 11) is 0. The topological polar surface area (TPSA) is 58.9 Å². The highest BCUT2D eigenvalue weighted by Crippen LogP contribution is 2.11. The molecular formula is C8H18O4. The summed E-state index contributed by atoms with van der Waals surface area (Å²) in [5.74, 6) is 0. The molecule has 4 heteroatoms. The van der Waals surface area contributed by atoms with Gasteiger partial charge >= 0.3 is 0 Å². The van der Waals surface area contributed by atoms with E-state index in [1.165, 1.54) is 0 Å². The van der Waals surface area contributed by atoms with Gasteiger partial charge in [-0.3, -0.25) is 10.5 Å². The minimum Gasteiger partial charge on any atom is -0.252 e. The van der Waals surface area contributed by atoms with Gasteiger partial charge in [-0.25, -0.2) is 9.78 Å². The van der Waals surface area contributed by atoms with Gasteiger partial charge in [-0.05, 0) is 25.7 Å². The highest BCUT2D eigenvalue weighted by atomic mass is 17.1. The van der Waals surface area contributed by atoms with Gasteiger partial charge in [-0.1, -0.05) is 13.8 Å². The predicted molar refractivity (Wildman–Crippen MR) is 44.8 cm³/mol. The van der Waals surface area contributed by atoms with Crippen molar-refractivity contribution < 1.29 is 20.3 Å². The third-order valence-electron chi connectivity index (χ3n) is 2.02. The molecule has 2 unspecified atom stereocenters. The van der Waals surface area contributed by atoms with Gasteiger partial charge in [0.05, 0.1) is 12.2 Å². The zero-order valence-corrected chi connectivity index (χ0v) is 7.69. The molecule has 2 N–H and O–H groups in total. The Morgan fingerprint density at radius 3 is 1.42 bits per heavy atom. The molecule has 0 bridgehead atoms. The van der Waals surface area contributed by atoms with Crippen molar-refractivity contribution in [3.63, 3.8) is 0 Å². The van der Waals surface area contributed by atoms with E-state index in [9.17, 15) is 0 Å². The molecule has 0 heterocycles. The van der Waals surface area contributed by atoms with E-state index in [-0.39, 0.29) is 12.2 Å². The van der Waals surface area contributed by atoms with E-state index in [2.05, 4.69) is 9.78 Å². The van der Waals surface area contributed by atoms with Crippen LogP contribution >= 0.6 is 0 Å². The first kappa shape index (κ1) is 11.8. The van der Waals surface area contributed by atoms with Crippen LogP contribution in [0.15, 0.2) is 0 Å². The zero-order chi connectivity index (χ0) is 9.40. The highest BCUT2D eigenvalue weighted by molar-refractivity contribution is 4.59. The molecular weight excluding hydrogens is 160 g/mol. The van der Waals surface area contributed by atoms with Crippen LogP contribution in [0.25, 0.3) is 0 Å². The highest BCUT2D eigenvalue weighted by Gasteiger charge is 2.11. The molecule has 0 amide bonds. The molecule has 0 aromatic heterocycles. The molecule has 0 fully saturated rings. The molecule has 0 spiro atoms. The van der Waals surface area contributed by atoms with Crippen LogP contribution in [0.4, 0.5) is 0 Å². The van der Waals surface area contributed by atoms with E-state index in [4.69, 9.17) is 10.5 Å². The fourth-order valence-electron chi connectivity index (χ4n) is 1.03. The molecule has 4 nitrogen and oxygen atoms in total. The van der Waals surface area contributed by atoms with Crippen molar-refractivity contribution >= 4 is 0 Å². The first-order chi connectivity index (χ1) is 5.78. The Labute approximate surface area is 73.0 Å². The first-order valence-corrected chi connectivity index (χ1v) is 4.38. The lowest BCUT2D eigenvalue weighted by Crippen LogP contribution is -2.15. The van der Waals surface area contributed by atoms with Crippen molar-refractivity contribution in [2.75, 3.05) is 0 Å². The summed E-state index contributed by atoms with van der Waals surface area (Å²) in [6.07, 6.45) is 2.64. The Bertz CT molecular complexity index is 77.1. The molecule has 0 saturated heterocycles. The zero-order valence-electron chi connectivity index (χ0n) is 7.69. The SMILES string of the molecule is CCC(CCC(CC)OO)OO. The van der Waals surface area contributed by atoms with E-state index >= 15 is 0 Å². The summed E-state index contributed by atoms with van der Waals surface area (Å²) in [4.78, 5) is 8.40. The maximum atomic E-state index is 8.38. The van der Waals surface area contributed by atoms with E-state index in [0.717, 1.165) is 12.8 Å². The molecule has 12 heavy (non-hydrogen) atoms. The number of hydrogen-bond acceptors (Lipinski definition) is 4. The molecule has 0 aromatic rings. The Morgan fingerprint density at radius 2 is 1.25 bits per heavy atom. The van der Waals surface area contributed by atoms with Crippen LogP contribution in [0, 0.1) is 0 Å². The molecule has 0 saturated carbocycles. The van der Waals surface area contributed by atoms with Gasteiger partial charge < -0.3 is 0 Å². The van der Waals surface area contributed by atoms with Gasteiger partial charge in [0.15, 0.2) is 0 Å². The molecule has 2 atom stereocenters. The maximum Gasteiger partial charge on any atom is 0.0925 e. The van der Waals surface area contributed by atoms with E-state index in [0.29, 0.717) is 12.8 Å². The molecule has 0 radical (unpaired) electrons. The Morgan fingerprint density at radius 1 is 0.917 bits per heavy atom. The monoisotopic (exact) mass is 178 g/mol. The van der Waals surface area contributed by atoms with Crippen molar-refractivity contribution in [3.8, 4) is 0 Å². The smallest absolute Gasteiger partial charge is 0.0925 e. The summed E-state index contributed by atoms with van der Waals surface area (Å²) < 4.78 is 0. The lowest BCUT2D eigenvalue weighted by molar-refractivity contribution is -0.294. The third-order valence-corrected chi connectivity index (χ3v) is 2.02. The predicted octanol–water partition coefficient (Wildman–Crippen LogP) is 2.30. The minimum atomic E-state index is -0.144. The minimum absolute atomic E-state index is 0.144. The van der Waals surface area contributed by atoms with Crippen molar-refractivity contribution in [1.82, 2.24) is 0 Å². The molecule has 74 valence electrons. The van der Waals surface area contributed by atoms with Crippen LogP contribution < -0.4 is 0 Å². The second-order valence-electron chi connectivity index (χ2n) is 2.85. The Kier molecular flexibility index (Phi) is 7.39. The van der Waals surface area contributed by atoms with Crippen LogP contribution in [0.3, 0.4) is 0 Å². The fraction of sp³-hybridized carbons (Fsp3) is 1.00. The van der Waals surface area contributed by atoms with Gasteiger partial charge in [-0.15, -0.1) is 0 Å². The van der Waals surface area contributed by atoms with Gasteiger partial charge in [0.25, 0.3) is 0 Å². The first-order valence-electron chi connectivity index (χ1n) is 4.38. The van der Waals surface area contributed by atoms with Gasteiger partial charge in [0.1, 0.15) is 0 Å². The molecule has 0 aliphatic heterocycles. The van der Waals surface area contributed by atoms with Crippen LogP contribution in [-0.2, 0) is 9.78 Å². The van der Waals surface area contributed by atoms with Gasteiger partial charge in [0, 0.05) is 0 Å². The quantitative estimate of drug-likeness (QED) is 0.464. The summed E-state index contributed by atoms with van der Waals surface area (Å²) in [6.45, 7) is 3.86. The summed E-state index contributed by atoms with van der Waals surface area (Å²) in [5.41, 5.74) is 0. The average molecular weight is 178 g/mol. The van der Waals surface area contributed by atoms with Crippen molar-refractivity contribution in [2.24, 2.45) is 0 Å².